The molecule has 13 nitrogen and oxygen atoms in total. The zero-order chi connectivity index (χ0) is 33.0. The van der Waals surface area contributed by atoms with Gasteiger partial charge in [0.05, 0.1) is 10.5 Å². The first kappa shape index (κ1) is 34.8. The Labute approximate surface area is 260 Å². The summed E-state index contributed by atoms with van der Waals surface area (Å²) < 4.78 is 25.5. The molecule has 0 spiro atoms. The van der Waals surface area contributed by atoms with E-state index in [1.165, 1.54) is 69.5 Å². The van der Waals surface area contributed by atoms with Gasteiger partial charge in [-0.05, 0) is 68.7 Å². The van der Waals surface area contributed by atoms with Gasteiger partial charge in [0.2, 0.25) is 21.8 Å². The van der Waals surface area contributed by atoms with Crippen molar-refractivity contribution in [1.29, 1.82) is 0 Å². The number of carboxylic acids is 2. The lowest BCUT2D eigenvalue weighted by Gasteiger charge is -2.43. The Hall–Kier alpha value is -3.66. The third kappa shape index (κ3) is 7.34. The highest BCUT2D eigenvalue weighted by Crippen LogP contribution is 2.50. The van der Waals surface area contributed by atoms with Crippen molar-refractivity contribution >= 4 is 45.5 Å². The third-order valence-electron chi connectivity index (χ3n) is 7.19. The number of phenolic OH excluding ortho intramolecular Hbond substituents is 1. The second-order valence-electron chi connectivity index (χ2n) is 10.9. The minimum atomic E-state index is -3.53. The van der Waals surface area contributed by atoms with Gasteiger partial charge in [0.25, 0.3) is 0 Å². The number of nitrogens with two attached hydrogens (primary N) is 1. The molecule has 240 valence electrons. The Morgan fingerprint density at radius 2 is 1.57 bits per heavy atom. The zero-order valence-electron chi connectivity index (χ0n) is 24.8. The Kier molecular flexibility index (Phi) is 11.1. The van der Waals surface area contributed by atoms with Crippen LogP contribution < -0.4 is 11.1 Å². The van der Waals surface area contributed by atoms with E-state index in [-0.39, 0.29) is 16.2 Å². The van der Waals surface area contributed by atoms with E-state index in [9.17, 15) is 37.8 Å². The number of hydrogen-bond acceptors (Lipinski definition) is 9. The van der Waals surface area contributed by atoms with E-state index in [0.717, 1.165) is 12.8 Å². The SMILES string of the molecule is CC1(C)S[C@@H]2[C@H](NC(=O)[C@H](N)c3ccc(O)cc3)C(=O)N2[C@H]1C(=O)O.CCCN(CCC)S(=O)(=O)c1ccc(C(=O)O)cc1. The molecule has 0 unspecified atom stereocenters. The first-order chi connectivity index (χ1) is 20.6. The van der Waals surface area contributed by atoms with E-state index in [1.807, 2.05) is 13.8 Å². The van der Waals surface area contributed by atoms with Crippen LogP contribution in [-0.4, -0.2) is 92.0 Å². The molecule has 2 aliphatic rings. The van der Waals surface area contributed by atoms with Crippen LogP contribution in [0.2, 0.25) is 0 Å². The van der Waals surface area contributed by atoms with Gasteiger partial charge in [0.15, 0.2) is 0 Å². The number of amides is 2. The number of phenols is 1. The van der Waals surface area contributed by atoms with Gasteiger partial charge in [-0.2, -0.15) is 4.31 Å². The van der Waals surface area contributed by atoms with Crippen LogP contribution in [0.15, 0.2) is 53.4 Å². The molecule has 0 radical (unpaired) electrons. The van der Waals surface area contributed by atoms with E-state index >= 15 is 0 Å². The summed E-state index contributed by atoms with van der Waals surface area (Å²) in [5, 5.41) is 29.7. The fraction of sp³-hybridized carbons (Fsp3) is 0.448. The van der Waals surface area contributed by atoms with Crippen LogP contribution in [0.3, 0.4) is 0 Å². The number of aromatic carboxylic acids is 1. The molecule has 2 aliphatic heterocycles. The second-order valence-corrected chi connectivity index (χ2v) is 14.6. The van der Waals surface area contributed by atoms with Gasteiger partial charge in [0.1, 0.15) is 29.2 Å². The molecule has 2 heterocycles. The average Bonchev–Trinajstić information content (AvgIpc) is 3.23. The number of β-lactam (4-membered cyclic amide) rings is 1. The molecule has 15 heteroatoms. The molecular weight excluding hydrogens is 612 g/mol. The van der Waals surface area contributed by atoms with Gasteiger partial charge in [0, 0.05) is 17.8 Å². The summed E-state index contributed by atoms with van der Waals surface area (Å²) in [4.78, 5) is 48.3. The predicted octanol–water partition coefficient (Wildman–Crippen LogP) is 2.22. The molecule has 44 heavy (non-hydrogen) atoms. The number of sulfonamides is 1. The van der Waals surface area contributed by atoms with Crippen molar-refractivity contribution in [3.63, 3.8) is 0 Å². The lowest BCUT2D eigenvalue weighted by atomic mass is 9.95. The zero-order valence-corrected chi connectivity index (χ0v) is 26.5. The Morgan fingerprint density at radius 3 is 2.05 bits per heavy atom. The number of benzene rings is 2. The van der Waals surface area contributed by atoms with Crippen LogP contribution >= 0.6 is 11.8 Å². The highest BCUT2D eigenvalue weighted by Gasteiger charge is 2.64. The maximum absolute atomic E-state index is 12.4. The van der Waals surface area contributed by atoms with Crippen LogP contribution in [-0.2, 0) is 24.4 Å². The van der Waals surface area contributed by atoms with Crippen molar-refractivity contribution in [3.05, 3.63) is 59.7 Å². The monoisotopic (exact) mass is 650 g/mol. The number of nitrogens with one attached hydrogen (secondary N) is 1. The van der Waals surface area contributed by atoms with E-state index < -0.39 is 62.0 Å². The largest absolute Gasteiger partial charge is 0.508 e. The summed E-state index contributed by atoms with van der Waals surface area (Å²) >= 11 is 1.35. The summed E-state index contributed by atoms with van der Waals surface area (Å²) in [5.74, 6) is -3.00. The first-order valence-electron chi connectivity index (χ1n) is 14.0. The van der Waals surface area contributed by atoms with Crippen LogP contribution in [0, 0.1) is 0 Å². The van der Waals surface area contributed by atoms with Gasteiger partial charge in [-0.1, -0.05) is 26.0 Å². The van der Waals surface area contributed by atoms with Crippen molar-refractivity contribution in [2.75, 3.05) is 13.1 Å². The van der Waals surface area contributed by atoms with E-state index in [4.69, 9.17) is 10.8 Å². The van der Waals surface area contributed by atoms with Gasteiger partial charge >= 0.3 is 11.9 Å². The molecule has 0 aliphatic carbocycles. The Bertz CT molecular complexity index is 1480. The number of thioether (sulfide) groups is 1. The standard InChI is InChI=1S/C16H19N3O5S.C13H19NO4S/c1-16(2)11(15(23)24)19-13(22)10(14(19)25-16)18-12(21)9(17)7-3-5-8(20)6-4-7;1-3-9-14(10-4-2)19(17,18)12-7-5-11(6-8-12)13(15)16/h3-6,9-11,14,20H,17H2,1-2H3,(H,18,21)(H,23,24);5-8H,3-4,9-10H2,1-2H3,(H,15,16)/t9-,10-,11+,14-;/m1./s1. The molecule has 2 aromatic rings. The Morgan fingerprint density at radius 1 is 1.02 bits per heavy atom. The molecular formula is C29H38N4O9S2. The number of fused-ring (bicyclic) bond motifs is 1. The normalized spacial score (nSPS) is 21.0. The smallest absolute Gasteiger partial charge is 0.335 e. The molecule has 0 saturated carbocycles. The number of hydrogen-bond donors (Lipinski definition) is 5. The molecule has 6 N–H and O–H groups in total. The maximum Gasteiger partial charge on any atom is 0.335 e. The van der Waals surface area contributed by atoms with Gasteiger partial charge in [-0.15, -0.1) is 11.8 Å². The average molecular weight is 651 g/mol. The minimum Gasteiger partial charge on any atom is -0.508 e. The molecule has 2 fully saturated rings. The lowest BCUT2D eigenvalue weighted by molar-refractivity contribution is -0.161. The van der Waals surface area contributed by atoms with Crippen LogP contribution in [0.5, 0.6) is 5.75 Å². The quantitative estimate of drug-likeness (QED) is 0.223. The third-order valence-corrected chi connectivity index (χ3v) is 10.7. The predicted molar refractivity (Wildman–Crippen MR) is 163 cm³/mol. The first-order valence-corrected chi connectivity index (χ1v) is 16.3. The number of carboxylic acid groups (broad SMARTS) is 2. The molecule has 2 saturated heterocycles. The van der Waals surface area contributed by atoms with Crippen LogP contribution in [0.4, 0.5) is 0 Å². The van der Waals surface area contributed by atoms with Crippen LogP contribution in [0.1, 0.15) is 62.5 Å². The minimum absolute atomic E-state index is 0.0606. The molecule has 2 aromatic carbocycles. The van der Waals surface area contributed by atoms with Crippen molar-refractivity contribution in [2.45, 2.75) is 73.7 Å². The number of carbonyl (C=O) groups excluding carboxylic acids is 2. The van der Waals surface area contributed by atoms with Gasteiger partial charge < -0.3 is 31.3 Å². The fourth-order valence-electron chi connectivity index (χ4n) is 4.99. The second kappa shape index (κ2) is 14.0. The molecule has 0 bridgehead atoms. The van der Waals surface area contributed by atoms with E-state index in [0.29, 0.717) is 18.7 Å². The highest BCUT2D eigenvalue weighted by molar-refractivity contribution is 8.01. The van der Waals surface area contributed by atoms with Crippen molar-refractivity contribution in [1.82, 2.24) is 14.5 Å². The summed E-state index contributed by atoms with van der Waals surface area (Å²) in [5.41, 5.74) is 6.49. The summed E-state index contributed by atoms with van der Waals surface area (Å²) in [7, 11) is -3.53. The highest BCUT2D eigenvalue weighted by atomic mass is 32.2. The van der Waals surface area contributed by atoms with E-state index in [2.05, 4.69) is 5.32 Å². The topological polar surface area (TPSA) is 208 Å². The molecule has 4 atom stereocenters. The number of aromatic hydroxyl groups is 1. The molecule has 4 rings (SSSR count). The summed E-state index contributed by atoms with van der Waals surface area (Å²) in [6.45, 7) is 8.32. The van der Waals surface area contributed by atoms with Gasteiger partial charge in [-0.25, -0.2) is 18.0 Å². The fourth-order valence-corrected chi connectivity index (χ4v) is 8.24. The maximum atomic E-state index is 12.4. The van der Waals surface area contributed by atoms with Crippen molar-refractivity contribution < 1.29 is 42.9 Å². The summed E-state index contributed by atoms with van der Waals surface area (Å²) in [6, 6.07) is 8.52. The number of rotatable bonds is 11. The number of nitrogens with zero attached hydrogens (tertiary/aromatic N) is 2. The Balaban J connectivity index is 0.000000251. The molecule has 2 amide bonds. The molecule has 0 aromatic heterocycles. The number of aliphatic carboxylic acids is 1. The van der Waals surface area contributed by atoms with Gasteiger partial charge in [-0.3, -0.25) is 9.59 Å². The van der Waals surface area contributed by atoms with Crippen LogP contribution in [0.25, 0.3) is 0 Å². The van der Waals surface area contributed by atoms with E-state index in [1.54, 1.807) is 13.8 Å². The van der Waals surface area contributed by atoms with Crippen molar-refractivity contribution in [3.8, 4) is 5.75 Å². The number of carbonyl (C=O) groups is 4. The van der Waals surface area contributed by atoms with Crippen molar-refractivity contribution in [2.24, 2.45) is 5.73 Å². The lowest BCUT2D eigenvalue weighted by Crippen LogP contribution is -2.71. The summed E-state index contributed by atoms with van der Waals surface area (Å²) in [6.07, 6.45) is 1.48.